The van der Waals surface area contributed by atoms with Crippen LogP contribution < -0.4 is 5.56 Å². The van der Waals surface area contributed by atoms with Gasteiger partial charge in [0, 0.05) is 10.6 Å². The predicted octanol–water partition coefficient (Wildman–Crippen LogP) is 5.64. The molecule has 31 heavy (non-hydrogen) atoms. The molecule has 0 fully saturated rings. The van der Waals surface area contributed by atoms with E-state index in [2.05, 4.69) is 4.98 Å². The van der Waals surface area contributed by atoms with Crippen molar-refractivity contribution >= 4 is 34.3 Å². The summed E-state index contributed by atoms with van der Waals surface area (Å²) in [6, 6.07) is 18.4. The van der Waals surface area contributed by atoms with E-state index in [4.69, 9.17) is 25.4 Å². The number of hydrogen-bond acceptors (Lipinski definition) is 6. The van der Waals surface area contributed by atoms with Crippen LogP contribution >= 0.6 is 23.4 Å². The van der Waals surface area contributed by atoms with Crippen LogP contribution in [0.25, 0.3) is 22.2 Å². The fraction of sp³-hybridized carbons (Fsp3) is 0.0870. The van der Waals surface area contributed by atoms with Gasteiger partial charge >= 0.3 is 0 Å². The second kappa shape index (κ2) is 8.45. The number of nitrogens with zero attached hydrogens (tertiary/aromatic N) is 3. The molecule has 0 radical (unpaired) electrons. The molecule has 0 aliphatic rings. The Kier molecular flexibility index (Phi) is 5.36. The van der Waals surface area contributed by atoms with Crippen LogP contribution in [0.15, 0.2) is 91.9 Å². The lowest BCUT2D eigenvalue weighted by atomic mass is 10.2. The fourth-order valence-electron chi connectivity index (χ4n) is 3.23. The molecular formula is C23H16ClN3O3S. The molecule has 0 amide bonds. The third kappa shape index (κ3) is 4.15. The Hall–Kier alpha value is -3.29. The molecule has 5 aromatic rings. The van der Waals surface area contributed by atoms with Crippen molar-refractivity contribution < 1.29 is 8.83 Å². The average molecular weight is 450 g/mol. The zero-order chi connectivity index (χ0) is 21.2. The average Bonchev–Trinajstić information content (AvgIpc) is 3.47. The predicted molar refractivity (Wildman–Crippen MR) is 120 cm³/mol. The lowest BCUT2D eigenvalue weighted by Gasteiger charge is -2.11. The quantitative estimate of drug-likeness (QED) is 0.247. The lowest BCUT2D eigenvalue weighted by Crippen LogP contribution is -2.23. The van der Waals surface area contributed by atoms with Crippen LogP contribution in [0, 0.1) is 0 Å². The minimum absolute atomic E-state index is 0.114. The molecule has 0 atom stereocenters. The summed E-state index contributed by atoms with van der Waals surface area (Å²) in [7, 11) is 0. The van der Waals surface area contributed by atoms with E-state index in [0.29, 0.717) is 50.8 Å². The second-order valence-corrected chi connectivity index (χ2v) is 8.18. The maximum Gasteiger partial charge on any atom is 0.262 e. The van der Waals surface area contributed by atoms with Crippen molar-refractivity contribution in [2.45, 2.75) is 17.5 Å². The number of benzene rings is 2. The van der Waals surface area contributed by atoms with Gasteiger partial charge in [0.05, 0.1) is 35.7 Å². The Morgan fingerprint density at radius 3 is 2.81 bits per heavy atom. The Balaban J connectivity index is 1.45. The minimum atomic E-state index is -0.114. The SMILES string of the molecule is O=c1c2ccccc2nc(SCc2ncc(-c3cccc(Cl)c3)o2)n1Cc1ccco1. The van der Waals surface area contributed by atoms with Gasteiger partial charge in [0.15, 0.2) is 10.9 Å². The van der Waals surface area contributed by atoms with Gasteiger partial charge in [0.25, 0.3) is 5.56 Å². The fourth-order valence-corrected chi connectivity index (χ4v) is 4.28. The molecule has 0 saturated heterocycles. The van der Waals surface area contributed by atoms with Gasteiger partial charge in [-0.05, 0) is 36.4 Å². The molecule has 0 spiro atoms. The highest BCUT2D eigenvalue weighted by Crippen LogP contribution is 2.27. The first-order valence-corrected chi connectivity index (χ1v) is 10.9. The first-order valence-electron chi connectivity index (χ1n) is 9.53. The number of rotatable bonds is 6. The standard InChI is InChI=1S/C23H16ClN3O3S/c24-16-6-3-5-15(11-16)20-12-25-21(30-20)14-31-23-26-19-9-2-1-8-18(19)22(28)27(23)13-17-7-4-10-29-17/h1-12H,13-14H2. The summed E-state index contributed by atoms with van der Waals surface area (Å²) in [5.41, 5.74) is 1.39. The molecule has 0 aliphatic heterocycles. The summed E-state index contributed by atoms with van der Waals surface area (Å²) < 4.78 is 12.9. The third-order valence-corrected chi connectivity index (χ3v) is 5.90. The molecule has 0 saturated carbocycles. The Morgan fingerprint density at radius 2 is 1.97 bits per heavy atom. The number of aromatic nitrogens is 3. The molecule has 0 N–H and O–H groups in total. The van der Waals surface area contributed by atoms with E-state index in [1.165, 1.54) is 11.8 Å². The highest BCUT2D eigenvalue weighted by Gasteiger charge is 2.15. The number of fused-ring (bicyclic) bond motifs is 1. The van der Waals surface area contributed by atoms with E-state index >= 15 is 0 Å². The zero-order valence-corrected chi connectivity index (χ0v) is 17.8. The van der Waals surface area contributed by atoms with Crippen LogP contribution in [0.5, 0.6) is 0 Å². The number of thioether (sulfide) groups is 1. The van der Waals surface area contributed by atoms with Crippen LogP contribution in [0.1, 0.15) is 11.7 Å². The molecule has 3 aromatic heterocycles. The van der Waals surface area contributed by atoms with Crippen LogP contribution in [0.2, 0.25) is 5.02 Å². The number of halogens is 1. The monoisotopic (exact) mass is 449 g/mol. The Labute approximate surface area is 186 Å². The number of oxazole rings is 1. The first kappa shape index (κ1) is 19.7. The summed E-state index contributed by atoms with van der Waals surface area (Å²) in [5, 5.41) is 1.77. The van der Waals surface area contributed by atoms with E-state index in [1.807, 2.05) is 48.5 Å². The van der Waals surface area contributed by atoms with E-state index in [1.54, 1.807) is 29.2 Å². The highest BCUT2D eigenvalue weighted by molar-refractivity contribution is 7.98. The van der Waals surface area contributed by atoms with Gasteiger partial charge < -0.3 is 8.83 Å². The van der Waals surface area contributed by atoms with Gasteiger partial charge in [-0.15, -0.1) is 0 Å². The maximum atomic E-state index is 13.1. The molecular weight excluding hydrogens is 434 g/mol. The molecule has 8 heteroatoms. The summed E-state index contributed by atoms with van der Waals surface area (Å²) in [6.07, 6.45) is 3.26. The van der Waals surface area contributed by atoms with Crippen molar-refractivity contribution in [3.63, 3.8) is 0 Å². The molecule has 154 valence electrons. The molecule has 0 unspecified atom stereocenters. The molecule has 6 nitrogen and oxygen atoms in total. The van der Waals surface area contributed by atoms with Crippen molar-refractivity contribution in [1.29, 1.82) is 0 Å². The Morgan fingerprint density at radius 1 is 1.06 bits per heavy atom. The number of furan rings is 1. The summed E-state index contributed by atoms with van der Waals surface area (Å²) in [6.45, 7) is 0.297. The molecule has 5 rings (SSSR count). The van der Waals surface area contributed by atoms with Gasteiger partial charge in [-0.25, -0.2) is 9.97 Å². The van der Waals surface area contributed by atoms with E-state index in [-0.39, 0.29) is 5.56 Å². The smallest absolute Gasteiger partial charge is 0.262 e. The van der Waals surface area contributed by atoms with Crippen molar-refractivity contribution in [2.75, 3.05) is 0 Å². The van der Waals surface area contributed by atoms with Crippen LogP contribution in [-0.4, -0.2) is 14.5 Å². The van der Waals surface area contributed by atoms with Crippen LogP contribution in [-0.2, 0) is 12.3 Å². The molecule has 2 aromatic carbocycles. The van der Waals surface area contributed by atoms with E-state index in [9.17, 15) is 4.79 Å². The van der Waals surface area contributed by atoms with Crippen molar-refractivity contribution in [2.24, 2.45) is 0 Å². The summed E-state index contributed by atoms with van der Waals surface area (Å²) >= 11 is 7.46. The first-order chi connectivity index (χ1) is 15.2. The minimum Gasteiger partial charge on any atom is -0.467 e. The summed E-state index contributed by atoms with van der Waals surface area (Å²) in [4.78, 5) is 22.2. The normalized spacial score (nSPS) is 11.3. The maximum absolute atomic E-state index is 13.1. The van der Waals surface area contributed by atoms with Gasteiger partial charge in [-0.3, -0.25) is 9.36 Å². The van der Waals surface area contributed by atoms with Gasteiger partial charge in [-0.2, -0.15) is 0 Å². The van der Waals surface area contributed by atoms with Crippen molar-refractivity contribution in [1.82, 2.24) is 14.5 Å². The Bertz CT molecular complexity index is 1410. The van der Waals surface area contributed by atoms with Crippen LogP contribution in [0.3, 0.4) is 0 Å². The molecule has 0 bridgehead atoms. The van der Waals surface area contributed by atoms with Gasteiger partial charge in [0.2, 0.25) is 5.89 Å². The number of hydrogen-bond donors (Lipinski definition) is 0. The van der Waals surface area contributed by atoms with Crippen LogP contribution in [0.4, 0.5) is 0 Å². The molecule has 0 aliphatic carbocycles. The van der Waals surface area contributed by atoms with Crippen molar-refractivity contribution in [3.05, 3.63) is 100 Å². The van der Waals surface area contributed by atoms with E-state index < -0.39 is 0 Å². The second-order valence-electron chi connectivity index (χ2n) is 6.80. The van der Waals surface area contributed by atoms with E-state index in [0.717, 1.165) is 5.56 Å². The van der Waals surface area contributed by atoms with Gasteiger partial charge in [0.1, 0.15) is 5.76 Å². The number of para-hydroxylation sites is 1. The van der Waals surface area contributed by atoms with Crippen molar-refractivity contribution in [3.8, 4) is 11.3 Å². The summed E-state index contributed by atoms with van der Waals surface area (Å²) in [5.74, 6) is 2.27. The zero-order valence-electron chi connectivity index (χ0n) is 16.2. The topological polar surface area (TPSA) is 74.1 Å². The third-order valence-electron chi connectivity index (χ3n) is 4.71. The molecule has 3 heterocycles. The highest BCUT2D eigenvalue weighted by atomic mass is 35.5. The van der Waals surface area contributed by atoms with Gasteiger partial charge in [-0.1, -0.05) is 47.6 Å². The lowest BCUT2D eigenvalue weighted by molar-refractivity contribution is 0.476. The largest absolute Gasteiger partial charge is 0.467 e.